The van der Waals surface area contributed by atoms with Crippen molar-refractivity contribution in [3.63, 3.8) is 0 Å². The highest BCUT2D eigenvalue weighted by Gasteiger charge is 2.56. The maximum Gasteiger partial charge on any atom is 0.326 e. The summed E-state index contributed by atoms with van der Waals surface area (Å²) in [6.07, 6.45) is 14.1. The fraction of sp³-hybridized carbons (Fsp3) is 0.643. The van der Waals surface area contributed by atoms with Crippen molar-refractivity contribution in [3.05, 3.63) is 30.0 Å². The van der Waals surface area contributed by atoms with Gasteiger partial charge in [-0.1, -0.05) is 19.3 Å². The van der Waals surface area contributed by atoms with E-state index in [1.165, 1.54) is 38.5 Å². The lowest BCUT2D eigenvalue weighted by molar-refractivity contribution is -0.150. The summed E-state index contributed by atoms with van der Waals surface area (Å²) in [5.41, 5.74) is 0.755. The topological polar surface area (TPSA) is 88.8 Å². The zero-order chi connectivity index (χ0) is 23.3. The van der Waals surface area contributed by atoms with E-state index >= 15 is 0 Å². The van der Waals surface area contributed by atoms with Gasteiger partial charge in [-0.25, -0.2) is 4.79 Å². The van der Waals surface area contributed by atoms with Crippen molar-refractivity contribution in [3.8, 4) is 5.75 Å². The van der Waals surface area contributed by atoms with Crippen LogP contribution in [0.5, 0.6) is 5.75 Å². The number of carboxylic acids is 1. The third kappa shape index (κ3) is 3.89. The van der Waals surface area contributed by atoms with E-state index in [2.05, 4.69) is 5.32 Å². The molecule has 1 unspecified atom stereocenters. The van der Waals surface area contributed by atoms with Crippen LogP contribution in [0.2, 0.25) is 0 Å². The number of benzene rings is 1. The zero-order valence-electron chi connectivity index (χ0n) is 19.8. The number of ether oxygens (including phenoxy) is 1. The molecule has 0 spiro atoms. The molecule has 5 aliphatic rings. The van der Waals surface area contributed by atoms with E-state index in [-0.39, 0.29) is 11.3 Å². The van der Waals surface area contributed by atoms with Crippen molar-refractivity contribution in [2.45, 2.75) is 76.7 Å². The molecule has 0 aliphatic heterocycles. The average Bonchev–Trinajstić information content (AvgIpc) is 3.29. The highest BCUT2D eigenvalue weighted by molar-refractivity contribution is 6.04. The van der Waals surface area contributed by atoms with E-state index in [0.717, 1.165) is 37.5 Å². The maximum atomic E-state index is 13.6. The van der Waals surface area contributed by atoms with Gasteiger partial charge in [-0.05, 0) is 93.2 Å². The first kappa shape index (κ1) is 22.0. The zero-order valence-corrected chi connectivity index (χ0v) is 19.8. The number of nitrogens with one attached hydrogen (secondary N) is 1. The molecular formula is C28H35NO5. The molecule has 1 aromatic carbocycles. The van der Waals surface area contributed by atoms with Crippen molar-refractivity contribution >= 4 is 22.8 Å². The van der Waals surface area contributed by atoms with Crippen LogP contribution < -0.4 is 10.1 Å². The van der Waals surface area contributed by atoms with Crippen LogP contribution in [0, 0.1) is 29.1 Å². The molecule has 34 heavy (non-hydrogen) atoms. The molecule has 0 radical (unpaired) electrons. The fourth-order valence-electron chi connectivity index (χ4n) is 8.12. The number of hydrogen-bond acceptors (Lipinski definition) is 4. The predicted octanol–water partition coefficient (Wildman–Crippen LogP) is 5.79. The second-order valence-electron chi connectivity index (χ2n) is 11.6. The molecule has 2 N–H and O–H groups in total. The number of furan rings is 1. The average molecular weight is 466 g/mol. The minimum Gasteiger partial charge on any atom is -0.492 e. The van der Waals surface area contributed by atoms with Gasteiger partial charge in [0.15, 0.2) is 0 Å². The standard InChI is InChI=1S/C28H35NO5/c30-26(29-25(27(31)32)28-13-18-10-19(14-28)12-20(11-18)15-28)22-6-7-23-21(8-9-33-23)24(22)34-16-17-4-2-1-3-5-17/h6-9,17-20,25H,1-5,10-16H2,(H,29,30)(H,31,32). The van der Waals surface area contributed by atoms with E-state index in [0.29, 0.717) is 47.2 Å². The molecule has 2 aromatic rings. The molecule has 1 heterocycles. The van der Waals surface area contributed by atoms with Crippen molar-refractivity contribution in [1.82, 2.24) is 5.32 Å². The lowest BCUT2D eigenvalue weighted by Gasteiger charge is -2.58. The first-order chi connectivity index (χ1) is 16.5. The highest BCUT2D eigenvalue weighted by Crippen LogP contribution is 2.61. The highest BCUT2D eigenvalue weighted by atomic mass is 16.5. The number of carbonyl (C=O) groups is 2. The van der Waals surface area contributed by atoms with Crippen molar-refractivity contribution < 1.29 is 23.8 Å². The Morgan fingerprint density at radius 2 is 1.71 bits per heavy atom. The second kappa shape index (κ2) is 8.62. The molecule has 5 saturated carbocycles. The van der Waals surface area contributed by atoms with Gasteiger partial charge >= 0.3 is 5.97 Å². The Balaban J connectivity index is 1.27. The molecule has 1 aromatic heterocycles. The molecule has 6 nitrogen and oxygen atoms in total. The summed E-state index contributed by atoms with van der Waals surface area (Å²) >= 11 is 0. The SMILES string of the molecule is O=C(NC(C(=O)O)C12CC3CC(CC(C3)C1)C2)c1ccc2occc2c1OCC1CCCCC1. The molecule has 6 heteroatoms. The van der Waals surface area contributed by atoms with Crippen molar-refractivity contribution in [1.29, 1.82) is 0 Å². The number of rotatable bonds is 7. The van der Waals surface area contributed by atoms with Gasteiger partial charge in [0, 0.05) is 5.41 Å². The molecule has 7 rings (SSSR count). The van der Waals surface area contributed by atoms with Crippen LogP contribution in [0.3, 0.4) is 0 Å². The number of hydrogen-bond donors (Lipinski definition) is 2. The number of fused-ring (bicyclic) bond motifs is 1. The monoisotopic (exact) mass is 465 g/mol. The van der Waals surface area contributed by atoms with Gasteiger partial charge in [-0.15, -0.1) is 0 Å². The Bertz CT molecular complexity index is 1050. The first-order valence-corrected chi connectivity index (χ1v) is 13.2. The molecule has 5 fully saturated rings. The second-order valence-corrected chi connectivity index (χ2v) is 11.6. The minimum absolute atomic E-state index is 0.320. The quantitative estimate of drug-likeness (QED) is 0.540. The molecule has 1 amide bonds. The van der Waals surface area contributed by atoms with E-state index in [1.54, 1.807) is 18.4 Å². The number of amides is 1. The van der Waals surface area contributed by atoms with E-state index in [9.17, 15) is 14.7 Å². The summed E-state index contributed by atoms with van der Waals surface area (Å²) in [6.45, 7) is 0.571. The lowest BCUT2D eigenvalue weighted by atomic mass is 9.47. The van der Waals surface area contributed by atoms with Crippen LogP contribution in [-0.4, -0.2) is 29.6 Å². The van der Waals surface area contributed by atoms with Crippen LogP contribution >= 0.6 is 0 Å². The number of carbonyl (C=O) groups excluding carboxylic acids is 1. The van der Waals surface area contributed by atoms with Gasteiger partial charge in [0.1, 0.15) is 17.4 Å². The van der Waals surface area contributed by atoms with Crippen molar-refractivity contribution in [2.75, 3.05) is 6.61 Å². The third-order valence-electron chi connectivity index (χ3n) is 9.24. The van der Waals surface area contributed by atoms with Crippen LogP contribution in [0.15, 0.2) is 28.9 Å². The summed E-state index contributed by atoms with van der Waals surface area (Å²) in [5.74, 6) is 1.58. The van der Waals surface area contributed by atoms with Crippen LogP contribution in [0.1, 0.15) is 81.0 Å². The van der Waals surface area contributed by atoms with Gasteiger partial charge in [0.25, 0.3) is 5.91 Å². The molecule has 4 bridgehead atoms. The minimum atomic E-state index is -0.913. The summed E-state index contributed by atoms with van der Waals surface area (Å²) < 4.78 is 11.9. The molecule has 0 saturated heterocycles. The Hall–Kier alpha value is -2.50. The largest absolute Gasteiger partial charge is 0.492 e. The Kier molecular flexibility index (Phi) is 5.57. The van der Waals surface area contributed by atoms with Gasteiger partial charge in [-0.3, -0.25) is 4.79 Å². The van der Waals surface area contributed by atoms with Gasteiger partial charge < -0.3 is 19.6 Å². The Morgan fingerprint density at radius 3 is 2.35 bits per heavy atom. The van der Waals surface area contributed by atoms with E-state index < -0.39 is 12.0 Å². The van der Waals surface area contributed by atoms with E-state index in [1.807, 2.05) is 6.07 Å². The third-order valence-corrected chi connectivity index (χ3v) is 9.24. The molecule has 5 aliphatic carbocycles. The Morgan fingerprint density at radius 1 is 1.03 bits per heavy atom. The molecular weight excluding hydrogens is 430 g/mol. The number of carboxylic acid groups (broad SMARTS) is 1. The summed E-state index contributed by atoms with van der Waals surface area (Å²) in [4.78, 5) is 26.1. The molecule has 182 valence electrons. The smallest absolute Gasteiger partial charge is 0.326 e. The van der Waals surface area contributed by atoms with Gasteiger partial charge in [0.2, 0.25) is 0 Å². The van der Waals surface area contributed by atoms with Crippen molar-refractivity contribution in [2.24, 2.45) is 29.1 Å². The first-order valence-electron chi connectivity index (χ1n) is 13.2. The van der Waals surface area contributed by atoms with Crippen LogP contribution in [-0.2, 0) is 4.79 Å². The predicted molar refractivity (Wildman–Crippen MR) is 128 cm³/mol. The fourth-order valence-corrected chi connectivity index (χ4v) is 8.12. The summed E-state index contributed by atoms with van der Waals surface area (Å²) in [7, 11) is 0. The summed E-state index contributed by atoms with van der Waals surface area (Å²) in [6, 6.07) is 4.46. The van der Waals surface area contributed by atoms with Crippen LogP contribution in [0.4, 0.5) is 0 Å². The number of aliphatic carboxylic acids is 1. The lowest BCUT2D eigenvalue weighted by Crippen LogP contribution is -2.59. The van der Waals surface area contributed by atoms with Gasteiger partial charge in [0.05, 0.1) is 23.8 Å². The maximum absolute atomic E-state index is 13.6. The molecule has 1 atom stereocenters. The normalized spacial score (nSPS) is 31.5. The van der Waals surface area contributed by atoms with Crippen LogP contribution in [0.25, 0.3) is 11.0 Å². The summed E-state index contributed by atoms with van der Waals surface area (Å²) in [5, 5.41) is 14.0. The van der Waals surface area contributed by atoms with E-state index in [4.69, 9.17) is 9.15 Å². The van der Waals surface area contributed by atoms with Gasteiger partial charge in [-0.2, -0.15) is 0 Å². The Labute approximate surface area is 200 Å².